The molecule has 0 bridgehead atoms. The smallest absolute Gasteiger partial charge is 0.323 e. The number of methoxy groups -OCH3 is 1. The second kappa shape index (κ2) is 6.36. The number of carbonyl (C=O) groups excluding carboxylic acids is 1. The molecule has 0 amide bonds. The van der Waals surface area contributed by atoms with Gasteiger partial charge in [0.15, 0.2) is 0 Å². The van der Waals surface area contributed by atoms with Gasteiger partial charge in [0.2, 0.25) is 0 Å². The van der Waals surface area contributed by atoms with Crippen molar-refractivity contribution in [3.05, 3.63) is 0 Å². The molecule has 0 aromatic carbocycles. The molecule has 98 valence electrons. The standard InChI is InChI=1S/C13H23NO3/c1-16-7-4-8-17-13(15)12-9-10-5-2-3-6-11(10)14-12/h10-12,14H,2-9H2,1H3. The largest absolute Gasteiger partial charge is 0.464 e. The fourth-order valence-corrected chi connectivity index (χ4v) is 2.98. The van der Waals surface area contributed by atoms with Crippen LogP contribution in [0.25, 0.3) is 0 Å². The highest BCUT2D eigenvalue weighted by Crippen LogP contribution is 2.33. The third-order valence-electron chi connectivity index (χ3n) is 3.88. The zero-order valence-electron chi connectivity index (χ0n) is 10.6. The van der Waals surface area contributed by atoms with E-state index in [9.17, 15) is 4.79 Å². The topological polar surface area (TPSA) is 47.6 Å². The molecule has 0 spiro atoms. The molecule has 1 N–H and O–H groups in total. The Morgan fingerprint density at radius 2 is 2.12 bits per heavy atom. The van der Waals surface area contributed by atoms with E-state index in [2.05, 4.69) is 5.32 Å². The Kier molecular flexibility index (Phi) is 4.80. The summed E-state index contributed by atoms with van der Waals surface area (Å²) in [5.74, 6) is 0.621. The molecule has 0 radical (unpaired) electrons. The lowest BCUT2D eigenvalue weighted by atomic mass is 9.85. The minimum Gasteiger partial charge on any atom is -0.464 e. The summed E-state index contributed by atoms with van der Waals surface area (Å²) >= 11 is 0. The number of hydrogen-bond donors (Lipinski definition) is 1. The van der Waals surface area contributed by atoms with Crippen LogP contribution in [0.1, 0.15) is 38.5 Å². The van der Waals surface area contributed by atoms with Crippen LogP contribution in [0.4, 0.5) is 0 Å². The molecule has 2 fully saturated rings. The molecule has 1 heterocycles. The Labute approximate surface area is 103 Å². The molecule has 2 rings (SSSR count). The number of esters is 1. The van der Waals surface area contributed by atoms with Gasteiger partial charge in [-0.3, -0.25) is 4.79 Å². The highest BCUT2D eigenvalue weighted by molar-refractivity contribution is 5.76. The van der Waals surface area contributed by atoms with Gasteiger partial charge in [0, 0.05) is 26.2 Å². The van der Waals surface area contributed by atoms with Gasteiger partial charge in [-0.15, -0.1) is 0 Å². The van der Waals surface area contributed by atoms with Gasteiger partial charge in [-0.25, -0.2) is 0 Å². The maximum absolute atomic E-state index is 11.8. The van der Waals surface area contributed by atoms with Crippen molar-refractivity contribution in [3.63, 3.8) is 0 Å². The zero-order chi connectivity index (χ0) is 12.1. The van der Waals surface area contributed by atoms with Gasteiger partial charge in [0.05, 0.1) is 6.61 Å². The molecule has 0 aromatic rings. The fraction of sp³-hybridized carbons (Fsp3) is 0.923. The number of ether oxygens (including phenoxy) is 2. The van der Waals surface area contributed by atoms with E-state index >= 15 is 0 Å². The van der Waals surface area contributed by atoms with Crippen LogP contribution in [0.5, 0.6) is 0 Å². The maximum atomic E-state index is 11.8. The van der Waals surface area contributed by atoms with Crippen molar-refractivity contribution in [2.75, 3.05) is 20.3 Å². The summed E-state index contributed by atoms with van der Waals surface area (Å²) in [6.07, 6.45) is 6.85. The van der Waals surface area contributed by atoms with Crippen LogP contribution in [0.15, 0.2) is 0 Å². The Morgan fingerprint density at radius 1 is 1.29 bits per heavy atom. The summed E-state index contributed by atoms with van der Waals surface area (Å²) in [6, 6.07) is 0.492. The summed E-state index contributed by atoms with van der Waals surface area (Å²) in [7, 11) is 1.66. The zero-order valence-corrected chi connectivity index (χ0v) is 10.6. The molecule has 2 aliphatic rings. The van der Waals surface area contributed by atoms with Crippen molar-refractivity contribution in [2.24, 2.45) is 5.92 Å². The second-order valence-corrected chi connectivity index (χ2v) is 5.12. The minimum atomic E-state index is -0.0736. The summed E-state index contributed by atoms with van der Waals surface area (Å²) in [6.45, 7) is 1.12. The van der Waals surface area contributed by atoms with Gasteiger partial charge < -0.3 is 14.8 Å². The minimum absolute atomic E-state index is 0.0642. The van der Waals surface area contributed by atoms with Crippen LogP contribution in [-0.2, 0) is 14.3 Å². The van der Waals surface area contributed by atoms with Gasteiger partial charge >= 0.3 is 5.97 Å². The van der Waals surface area contributed by atoms with Gasteiger partial charge in [-0.05, 0) is 25.2 Å². The first-order valence-electron chi connectivity index (χ1n) is 6.73. The van der Waals surface area contributed by atoms with Crippen molar-refractivity contribution in [1.29, 1.82) is 0 Å². The summed E-state index contributed by atoms with van der Waals surface area (Å²) in [4.78, 5) is 11.8. The molecule has 3 unspecified atom stereocenters. The van der Waals surface area contributed by atoms with Gasteiger partial charge in [-0.1, -0.05) is 12.8 Å². The monoisotopic (exact) mass is 241 g/mol. The van der Waals surface area contributed by atoms with Gasteiger partial charge in [0.25, 0.3) is 0 Å². The van der Waals surface area contributed by atoms with Crippen LogP contribution in [0.2, 0.25) is 0 Å². The maximum Gasteiger partial charge on any atom is 0.323 e. The van der Waals surface area contributed by atoms with Crippen LogP contribution >= 0.6 is 0 Å². The molecule has 4 nitrogen and oxygen atoms in total. The molecular formula is C13H23NO3. The molecule has 3 atom stereocenters. The number of fused-ring (bicyclic) bond motifs is 1. The quantitative estimate of drug-likeness (QED) is 0.585. The lowest BCUT2D eigenvalue weighted by molar-refractivity contribution is -0.146. The molecule has 1 aliphatic heterocycles. The highest BCUT2D eigenvalue weighted by Gasteiger charge is 2.38. The van der Waals surface area contributed by atoms with Crippen LogP contribution in [0.3, 0.4) is 0 Å². The first-order chi connectivity index (χ1) is 8.31. The summed E-state index contributed by atoms with van der Waals surface area (Å²) in [5, 5.41) is 3.43. The van der Waals surface area contributed by atoms with E-state index in [1.165, 1.54) is 25.7 Å². The highest BCUT2D eigenvalue weighted by atomic mass is 16.5. The van der Waals surface area contributed by atoms with Crippen molar-refractivity contribution in [2.45, 2.75) is 50.6 Å². The van der Waals surface area contributed by atoms with Crippen LogP contribution < -0.4 is 5.32 Å². The number of rotatable bonds is 5. The van der Waals surface area contributed by atoms with Crippen LogP contribution in [0, 0.1) is 5.92 Å². The predicted octanol–water partition coefficient (Wildman–Crippen LogP) is 1.49. The lowest BCUT2D eigenvalue weighted by Gasteiger charge is -2.24. The molecule has 17 heavy (non-hydrogen) atoms. The summed E-state index contributed by atoms with van der Waals surface area (Å²) < 4.78 is 10.2. The SMILES string of the molecule is COCCCOC(=O)C1CC2CCCCC2N1. The lowest BCUT2D eigenvalue weighted by Crippen LogP contribution is -2.38. The summed E-state index contributed by atoms with van der Waals surface area (Å²) in [5.41, 5.74) is 0. The van der Waals surface area contributed by atoms with E-state index in [1.54, 1.807) is 7.11 Å². The van der Waals surface area contributed by atoms with E-state index in [4.69, 9.17) is 9.47 Å². The van der Waals surface area contributed by atoms with Gasteiger partial charge in [-0.2, -0.15) is 0 Å². The Bertz CT molecular complexity index is 243. The average molecular weight is 241 g/mol. The predicted molar refractivity (Wildman–Crippen MR) is 64.7 cm³/mol. The second-order valence-electron chi connectivity index (χ2n) is 5.12. The Hall–Kier alpha value is -0.610. The van der Waals surface area contributed by atoms with E-state index < -0.39 is 0 Å². The first-order valence-corrected chi connectivity index (χ1v) is 6.73. The van der Waals surface area contributed by atoms with Gasteiger partial charge in [0.1, 0.15) is 6.04 Å². The van der Waals surface area contributed by atoms with E-state index in [0.717, 1.165) is 12.8 Å². The Balaban J connectivity index is 1.70. The van der Waals surface area contributed by atoms with Crippen molar-refractivity contribution >= 4 is 5.97 Å². The molecule has 1 saturated carbocycles. The van der Waals surface area contributed by atoms with Crippen molar-refractivity contribution in [3.8, 4) is 0 Å². The van der Waals surface area contributed by atoms with E-state index in [-0.39, 0.29) is 12.0 Å². The van der Waals surface area contributed by atoms with E-state index in [1.807, 2.05) is 0 Å². The fourth-order valence-electron chi connectivity index (χ4n) is 2.98. The molecular weight excluding hydrogens is 218 g/mol. The molecule has 4 heteroatoms. The molecule has 0 aromatic heterocycles. The number of nitrogens with one attached hydrogen (secondary N) is 1. The number of carbonyl (C=O) groups is 1. The Morgan fingerprint density at radius 3 is 2.88 bits per heavy atom. The normalized spacial score (nSPS) is 32.2. The average Bonchev–Trinajstić information content (AvgIpc) is 2.78. The number of hydrogen-bond acceptors (Lipinski definition) is 4. The van der Waals surface area contributed by atoms with Crippen molar-refractivity contribution in [1.82, 2.24) is 5.32 Å². The molecule has 1 aliphatic carbocycles. The molecule has 1 saturated heterocycles. The first kappa shape index (κ1) is 12.8. The van der Waals surface area contributed by atoms with Crippen LogP contribution in [-0.4, -0.2) is 38.4 Å². The van der Waals surface area contributed by atoms with E-state index in [0.29, 0.717) is 25.2 Å². The third kappa shape index (κ3) is 3.42. The van der Waals surface area contributed by atoms with Crippen molar-refractivity contribution < 1.29 is 14.3 Å². The third-order valence-corrected chi connectivity index (χ3v) is 3.88.